The van der Waals surface area contributed by atoms with E-state index in [9.17, 15) is 9.59 Å². The lowest BCUT2D eigenvalue weighted by molar-refractivity contribution is 0.0596. The Hall–Kier alpha value is -2.63. The molecule has 0 amide bonds. The van der Waals surface area contributed by atoms with Crippen LogP contribution in [0.3, 0.4) is 0 Å². The van der Waals surface area contributed by atoms with E-state index >= 15 is 0 Å². The van der Waals surface area contributed by atoms with E-state index in [1.165, 1.54) is 14.2 Å². The van der Waals surface area contributed by atoms with Gasteiger partial charge in [0.25, 0.3) is 0 Å². The van der Waals surface area contributed by atoms with E-state index < -0.39 is 5.97 Å². The fourth-order valence-corrected chi connectivity index (χ4v) is 2.32. The van der Waals surface area contributed by atoms with Crippen molar-refractivity contribution in [1.82, 2.24) is 9.55 Å². The minimum absolute atomic E-state index is 0.202. The Morgan fingerprint density at radius 2 is 2.09 bits per heavy atom. The number of rotatable bonds is 5. The van der Waals surface area contributed by atoms with Gasteiger partial charge in [-0.25, -0.2) is 9.78 Å². The quantitative estimate of drug-likeness (QED) is 0.626. The zero-order chi connectivity index (χ0) is 16.3. The molecule has 0 N–H and O–H groups in total. The highest BCUT2D eigenvalue weighted by atomic mass is 16.5. The number of hydrogen-bond donors (Lipinski definition) is 0. The molecular weight excluding hydrogens is 284 g/mol. The number of aromatic nitrogens is 2. The largest absolute Gasteiger partial charge is 0.480 e. The van der Waals surface area contributed by atoms with Gasteiger partial charge in [-0.05, 0) is 30.2 Å². The second-order valence-electron chi connectivity index (χ2n) is 4.72. The van der Waals surface area contributed by atoms with E-state index in [1.807, 2.05) is 13.0 Å². The van der Waals surface area contributed by atoms with Crippen LogP contribution in [-0.2, 0) is 18.2 Å². The Kier molecular flexibility index (Phi) is 4.60. The summed E-state index contributed by atoms with van der Waals surface area (Å²) in [7, 11) is 4.56. The molecule has 2 aromatic heterocycles. The van der Waals surface area contributed by atoms with Crippen LogP contribution >= 0.6 is 0 Å². The zero-order valence-electron chi connectivity index (χ0n) is 13.0. The van der Waals surface area contributed by atoms with Crippen LogP contribution in [0.25, 0.3) is 11.4 Å². The van der Waals surface area contributed by atoms with Gasteiger partial charge in [0, 0.05) is 7.05 Å². The van der Waals surface area contributed by atoms with Crippen molar-refractivity contribution in [3.8, 4) is 17.3 Å². The van der Waals surface area contributed by atoms with Gasteiger partial charge in [-0.3, -0.25) is 4.79 Å². The molecule has 0 bridgehead atoms. The fourth-order valence-electron chi connectivity index (χ4n) is 2.32. The van der Waals surface area contributed by atoms with Crippen molar-refractivity contribution >= 4 is 12.3 Å². The number of pyridine rings is 1. The molecule has 0 aliphatic heterocycles. The molecule has 6 nitrogen and oxygen atoms in total. The normalized spacial score (nSPS) is 10.4. The highest BCUT2D eigenvalue weighted by Crippen LogP contribution is 2.29. The maximum atomic E-state index is 11.8. The molecule has 0 atom stereocenters. The summed E-state index contributed by atoms with van der Waals surface area (Å²) in [5, 5.41) is 0. The number of ether oxygens (including phenoxy) is 2. The number of esters is 1. The molecule has 0 saturated heterocycles. The molecule has 0 unspecified atom stereocenters. The van der Waals surface area contributed by atoms with Crippen molar-refractivity contribution in [2.75, 3.05) is 14.2 Å². The molecule has 2 rings (SSSR count). The molecule has 0 fully saturated rings. The van der Waals surface area contributed by atoms with Crippen LogP contribution in [0.4, 0.5) is 0 Å². The lowest BCUT2D eigenvalue weighted by Gasteiger charge is -2.13. The molecule has 116 valence electrons. The van der Waals surface area contributed by atoms with Gasteiger partial charge in [-0.2, -0.15) is 0 Å². The topological polar surface area (TPSA) is 70.4 Å². The van der Waals surface area contributed by atoms with Crippen molar-refractivity contribution < 1.29 is 19.1 Å². The zero-order valence-corrected chi connectivity index (χ0v) is 13.0. The summed E-state index contributed by atoms with van der Waals surface area (Å²) >= 11 is 0. The number of carbonyl (C=O) groups excluding carboxylic acids is 2. The Morgan fingerprint density at radius 3 is 2.59 bits per heavy atom. The number of methoxy groups -OCH3 is 2. The summed E-state index contributed by atoms with van der Waals surface area (Å²) in [5.74, 6) is -0.293. The third-order valence-corrected chi connectivity index (χ3v) is 3.57. The van der Waals surface area contributed by atoms with E-state index in [-0.39, 0.29) is 11.4 Å². The van der Waals surface area contributed by atoms with E-state index in [1.54, 1.807) is 23.7 Å². The van der Waals surface area contributed by atoms with Crippen LogP contribution < -0.4 is 4.74 Å². The SMILES string of the molecule is CCc1cc(C(=O)OC)c(OC)nc1-c1ccc(C=O)n1C. The first-order chi connectivity index (χ1) is 10.6. The van der Waals surface area contributed by atoms with E-state index in [2.05, 4.69) is 4.98 Å². The number of hydrogen-bond acceptors (Lipinski definition) is 5. The number of aryl methyl sites for hydroxylation is 1. The first kappa shape index (κ1) is 15.8. The van der Waals surface area contributed by atoms with E-state index in [4.69, 9.17) is 9.47 Å². The van der Waals surface area contributed by atoms with Crippen LogP contribution in [0, 0.1) is 0 Å². The smallest absolute Gasteiger partial charge is 0.343 e. The molecule has 6 heteroatoms. The number of nitrogens with zero attached hydrogens (tertiary/aromatic N) is 2. The maximum Gasteiger partial charge on any atom is 0.343 e. The van der Waals surface area contributed by atoms with Crippen LogP contribution in [0.2, 0.25) is 0 Å². The lowest BCUT2D eigenvalue weighted by atomic mass is 10.1. The van der Waals surface area contributed by atoms with Gasteiger partial charge >= 0.3 is 5.97 Å². The molecule has 0 aromatic carbocycles. The minimum atomic E-state index is -0.494. The average molecular weight is 302 g/mol. The number of carbonyl (C=O) groups is 2. The third-order valence-electron chi connectivity index (χ3n) is 3.57. The maximum absolute atomic E-state index is 11.8. The van der Waals surface area contributed by atoms with Crippen molar-refractivity contribution in [3.63, 3.8) is 0 Å². The molecule has 0 saturated carbocycles. The van der Waals surface area contributed by atoms with Crippen LogP contribution in [0.1, 0.15) is 33.3 Å². The minimum Gasteiger partial charge on any atom is -0.480 e. The summed E-state index contributed by atoms with van der Waals surface area (Å²) in [6, 6.07) is 5.27. The summed E-state index contributed by atoms with van der Waals surface area (Å²) < 4.78 is 11.7. The predicted octanol–water partition coefficient (Wildman–Crippen LogP) is 2.26. The van der Waals surface area contributed by atoms with Crippen molar-refractivity contribution in [1.29, 1.82) is 0 Å². The second kappa shape index (κ2) is 6.43. The Balaban J connectivity index is 2.67. The molecule has 2 heterocycles. The van der Waals surface area contributed by atoms with Crippen LogP contribution in [0.5, 0.6) is 5.88 Å². The monoisotopic (exact) mass is 302 g/mol. The fraction of sp³-hybridized carbons (Fsp3) is 0.312. The highest BCUT2D eigenvalue weighted by molar-refractivity contribution is 5.92. The predicted molar refractivity (Wildman–Crippen MR) is 81.3 cm³/mol. The Morgan fingerprint density at radius 1 is 1.36 bits per heavy atom. The van der Waals surface area contributed by atoms with Gasteiger partial charge < -0.3 is 14.0 Å². The Bertz CT molecular complexity index is 719. The van der Waals surface area contributed by atoms with Crippen molar-refractivity contribution in [2.24, 2.45) is 7.05 Å². The molecule has 0 spiro atoms. The van der Waals surface area contributed by atoms with Crippen molar-refractivity contribution in [2.45, 2.75) is 13.3 Å². The van der Waals surface area contributed by atoms with Gasteiger partial charge in [-0.15, -0.1) is 0 Å². The summed E-state index contributed by atoms with van der Waals surface area (Å²) in [6.07, 6.45) is 1.47. The molecule has 0 aliphatic rings. The molecule has 0 aliphatic carbocycles. The van der Waals surface area contributed by atoms with Crippen LogP contribution in [-0.4, -0.2) is 36.0 Å². The summed E-state index contributed by atoms with van der Waals surface area (Å²) in [5.41, 5.74) is 3.18. The van der Waals surface area contributed by atoms with Gasteiger partial charge in [0.2, 0.25) is 5.88 Å². The third kappa shape index (κ3) is 2.59. The second-order valence-corrected chi connectivity index (χ2v) is 4.72. The van der Waals surface area contributed by atoms with Gasteiger partial charge in [0.1, 0.15) is 5.56 Å². The lowest BCUT2D eigenvalue weighted by Crippen LogP contribution is -2.09. The first-order valence-corrected chi connectivity index (χ1v) is 6.84. The van der Waals surface area contributed by atoms with Gasteiger partial charge in [0.05, 0.1) is 31.3 Å². The summed E-state index contributed by atoms with van der Waals surface area (Å²) in [4.78, 5) is 27.3. The van der Waals surface area contributed by atoms with Crippen molar-refractivity contribution in [3.05, 3.63) is 35.0 Å². The number of aldehydes is 1. The molecule has 2 aromatic rings. The Labute approximate surface area is 128 Å². The van der Waals surface area contributed by atoms with Crippen LogP contribution in [0.15, 0.2) is 18.2 Å². The summed E-state index contributed by atoms with van der Waals surface area (Å²) in [6.45, 7) is 1.97. The van der Waals surface area contributed by atoms with Gasteiger partial charge in [-0.1, -0.05) is 6.92 Å². The standard InChI is InChI=1S/C16H18N2O4/c1-5-10-8-12(16(20)22-4)15(21-3)17-14(10)13-7-6-11(9-19)18(13)2/h6-9H,5H2,1-4H3. The molecule has 0 radical (unpaired) electrons. The highest BCUT2D eigenvalue weighted by Gasteiger charge is 2.20. The van der Waals surface area contributed by atoms with Gasteiger partial charge in [0.15, 0.2) is 6.29 Å². The molecular formula is C16H18N2O4. The first-order valence-electron chi connectivity index (χ1n) is 6.84. The average Bonchev–Trinajstić information content (AvgIpc) is 2.93. The van der Waals surface area contributed by atoms with E-state index in [0.29, 0.717) is 17.8 Å². The molecule has 22 heavy (non-hydrogen) atoms. The van der Waals surface area contributed by atoms with E-state index in [0.717, 1.165) is 17.5 Å².